The number of carboxylic acid groups (broad SMARTS) is 1. The Kier molecular flexibility index (Phi) is 5.31. The van der Waals surface area contributed by atoms with Crippen molar-refractivity contribution >= 4 is 29.5 Å². The minimum atomic E-state index is -0.987. The number of amides is 2. The molecule has 10 heteroatoms. The van der Waals surface area contributed by atoms with Crippen molar-refractivity contribution in [1.29, 1.82) is 0 Å². The first-order chi connectivity index (χ1) is 14.3. The molecule has 162 valence electrons. The molecule has 30 heavy (non-hydrogen) atoms. The number of likely N-dealkylation sites (tertiary alicyclic amines) is 1. The Morgan fingerprint density at radius 2 is 1.80 bits per heavy atom. The normalized spacial score (nSPS) is 27.4. The van der Waals surface area contributed by atoms with Crippen molar-refractivity contribution in [1.82, 2.24) is 15.1 Å². The van der Waals surface area contributed by atoms with E-state index in [4.69, 9.17) is 9.47 Å². The van der Waals surface area contributed by atoms with Crippen molar-refractivity contribution < 1.29 is 29.0 Å². The molecule has 3 heterocycles. The van der Waals surface area contributed by atoms with E-state index in [9.17, 15) is 19.5 Å². The molecule has 4 rings (SSSR count). The number of aliphatic carboxylic acids is 1. The Morgan fingerprint density at radius 1 is 1.20 bits per heavy atom. The van der Waals surface area contributed by atoms with Gasteiger partial charge in [-0.15, -0.1) is 11.8 Å². The van der Waals surface area contributed by atoms with Crippen LogP contribution in [0.2, 0.25) is 0 Å². The lowest BCUT2D eigenvalue weighted by molar-refractivity contribution is -0.160. The van der Waals surface area contributed by atoms with Crippen LogP contribution in [0.15, 0.2) is 18.2 Å². The fourth-order valence-electron chi connectivity index (χ4n) is 4.60. The highest BCUT2D eigenvalue weighted by Crippen LogP contribution is 2.55. The van der Waals surface area contributed by atoms with Crippen molar-refractivity contribution in [3.05, 3.63) is 23.8 Å². The van der Waals surface area contributed by atoms with Crippen LogP contribution < -0.4 is 14.8 Å². The number of fused-ring (bicyclic) bond motifs is 1. The van der Waals surface area contributed by atoms with E-state index < -0.39 is 34.1 Å². The van der Waals surface area contributed by atoms with E-state index in [1.807, 2.05) is 7.05 Å². The number of carbonyl (C=O) groups excluding carboxylic acids is 2. The third-order valence-electron chi connectivity index (χ3n) is 6.22. The Bertz CT molecular complexity index is 863. The molecule has 0 radical (unpaired) electrons. The fourth-order valence-corrected chi connectivity index (χ4v) is 6.50. The Morgan fingerprint density at radius 3 is 2.33 bits per heavy atom. The van der Waals surface area contributed by atoms with E-state index >= 15 is 0 Å². The highest BCUT2D eigenvalue weighted by atomic mass is 32.2. The van der Waals surface area contributed by atoms with Crippen LogP contribution in [0.3, 0.4) is 0 Å². The summed E-state index contributed by atoms with van der Waals surface area (Å²) in [6.07, 6.45) is 1.37. The zero-order valence-corrected chi connectivity index (χ0v) is 17.9. The molecule has 3 unspecified atom stereocenters. The van der Waals surface area contributed by atoms with Crippen LogP contribution in [-0.4, -0.2) is 89.3 Å². The van der Waals surface area contributed by atoms with Crippen LogP contribution in [0.1, 0.15) is 23.2 Å². The first-order valence-corrected chi connectivity index (χ1v) is 10.6. The van der Waals surface area contributed by atoms with Gasteiger partial charge < -0.3 is 29.7 Å². The quantitative estimate of drug-likeness (QED) is 0.649. The fraction of sp³-hybridized carbons (Fsp3) is 0.550. The zero-order chi connectivity index (χ0) is 21.6. The summed E-state index contributed by atoms with van der Waals surface area (Å²) in [7, 11) is 4.91. The lowest BCUT2D eigenvalue weighted by atomic mass is 9.85. The van der Waals surface area contributed by atoms with Crippen molar-refractivity contribution in [3.8, 4) is 11.5 Å². The maximum absolute atomic E-state index is 13.0. The molecule has 9 nitrogen and oxygen atoms in total. The number of nitrogens with one attached hydrogen (secondary N) is 1. The van der Waals surface area contributed by atoms with Gasteiger partial charge in [0.2, 0.25) is 5.91 Å². The largest absolute Gasteiger partial charge is 0.496 e. The molecule has 1 aromatic rings. The van der Waals surface area contributed by atoms with Gasteiger partial charge in [0.1, 0.15) is 34.5 Å². The molecule has 0 aromatic heterocycles. The summed E-state index contributed by atoms with van der Waals surface area (Å²) in [4.78, 5) is 41.5. The lowest BCUT2D eigenvalue weighted by Crippen LogP contribution is -2.71. The summed E-state index contributed by atoms with van der Waals surface area (Å²) in [5.41, 5.74) is 0.209. The smallest absolute Gasteiger partial charge is 0.327 e. The number of rotatable bonds is 5. The average molecular weight is 436 g/mol. The maximum Gasteiger partial charge on any atom is 0.327 e. The Balaban J connectivity index is 1.57. The standard InChI is InChI=1S/C20H25N3O6S/c1-22-9-7-20(8-10-22)15(19(26)27)23-17(25)14(18(23)30-20)21-16(24)13-11(28-2)5-4-6-12(13)29-3/h4-6,14-15,18H,7-10H2,1-3H3,(H,21,24)(H,26,27). The molecule has 3 atom stereocenters. The van der Waals surface area contributed by atoms with Crippen LogP contribution in [0.5, 0.6) is 11.5 Å². The molecule has 0 aliphatic carbocycles. The monoisotopic (exact) mass is 435 g/mol. The minimum absolute atomic E-state index is 0.209. The molecule has 0 saturated carbocycles. The molecule has 1 aromatic carbocycles. The second kappa shape index (κ2) is 7.66. The van der Waals surface area contributed by atoms with Gasteiger partial charge in [-0.2, -0.15) is 0 Å². The molecule has 3 aliphatic rings. The number of hydrogen-bond donors (Lipinski definition) is 2. The molecule has 3 aliphatic heterocycles. The minimum Gasteiger partial charge on any atom is -0.496 e. The predicted molar refractivity (Wildman–Crippen MR) is 110 cm³/mol. The molecule has 2 amide bonds. The van der Waals surface area contributed by atoms with Crippen LogP contribution in [-0.2, 0) is 9.59 Å². The van der Waals surface area contributed by atoms with E-state index in [1.165, 1.54) is 30.9 Å². The van der Waals surface area contributed by atoms with Gasteiger partial charge in [-0.05, 0) is 45.1 Å². The number of benzene rings is 1. The van der Waals surface area contributed by atoms with Gasteiger partial charge in [-0.1, -0.05) is 6.07 Å². The second-order valence-corrected chi connectivity index (χ2v) is 9.38. The van der Waals surface area contributed by atoms with Crippen molar-refractivity contribution in [2.24, 2.45) is 0 Å². The number of piperidine rings is 1. The number of thioether (sulfide) groups is 1. The highest BCUT2D eigenvalue weighted by molar-refractivity contribution is 8.01. The van der Waals surface area contributed by atoms with Crippen LogP contribution in [0.4, 0.5) is 0 Å². The average Bonchev–Trinajstić information content (AvgIpc) is 3.04. The van der Waals surface area contributed by atoms with E-state index in [-0.39, 0.29) is 11.5 Å². The summed E-state index contributed by atoms with van der Waals surface area (Å²) < 4.78 is 10.0. The molecule has 3 saturated heterocycles. The van der Waals surface area contributed by atoms with Gasteiger partial charge >= 0.3 is 5.97 Å². The molecule has 2 N–H and O–H groups in total. The summed E-state index contributed by atoms with van der Waals surface area (Å²) in [5, 5.41) is 12.3. The third kappa shape index (κ3) is 3.09. The van der Waals surface area contributed by atoms with Crippen molar-refractivity contribution in [3.63, 3.8) is 0 Å². The van der Waals surface area contributed by atoms with E-state index in [1.54, 1.807) is 18.2 Å². The molecule has 0 bridgehead atoms. The van der Waals surface area contributed by atoms with Crippen LogP contribution in [0, 0.1) is 0 Å². The predicted octanol–water partition coefficient (Wildman–Crippen LogP) is 0.635. The topological polar surface area (TPSA) is 108 Å². The van der Waals surface area contributed by atoms with Gasteiger partial charge in [0.05, 0.1) is 19.0 Å². The summed E-state index contributed by atoms with van der Waals surface area (Å²) >= 11 is 1.51. The number of methoxy groups -OCH3 is 2. The van der Waals surface area contributed by atoms with E-state index in [0.29, 0.717) is 24.3 Å². The van der Waals surface area contributed by atoms with Gasteiger partial charge in [-0.3, -0.25) is 9.59 Å². The Labute approximate surface area is 178 Å². The number of β-lactam (4-membered cyclic amide) rings is 1. The molecular weight excluding hydrogens is 410 g/mol. The SMILES string of the molecule is COc1cccc(OC)c1C(=O)NC1C(=O)N2C1SC1(CCN(C)CC1)C2C(=O)O. The summed E-state index contributed by atoms with van der Waals surface area (Å²) in [5.74, 6) is -1.16. The van der Waals surface area contributed by atoms with E-state index in [2.05, 4.69) is 10.2 Å². The first-order valence-electron chi connectivity index (χ1n) is 9.76. The van der Waals surface area contributed by atoms with Crippen molar-refractivity contribution in [2.75, 3.05) is 34.4 Å². The number of carbonyl (C=O) groups is 3. The number of nitrogens with zero attached hydrogens (tertiary/aromatic N) is 2. The second-order valence-electron chi connectivity index (χ2n) is 7.85. The number of ether oxygens (including phenoxy) is 2. The highest BCUT2D eigenvalue weighted by Gasteiger charge is 2.67. The maximum atomic E-state index is 13.0. The summed E-state index contributed by atoms with van der Waals surface area (Å²) in [6, 6.07) is 3.34. The number of hydrogen-bond acceptors (Lipinski definition) is 7. The van der Waals surface area contributed by atoms with Crippen LogP contribution in [0.25, 0.3) is 0 Å². The molecule has 1 spiro atoms. The zero-order valence-electron chi connectivity index (χ0n) is 17.1. The lowest BCUT2D eigenvalue weighted by Gasteiger charge is -2.44. The van der Waals surface area contributed by atoms with Gasteiger partial charge in [0.25, 0.3) is 5.91 Å². The first kappa shape index (κ1) is 20.8. The van der Waals surface area contributed by atoms with Gasteiger partial charge in [-0.25, -0.2) is 4.79 Å². The third-order valence-corrected chi connectivity index (χ3v) is 8.06. The molecular formula is C20H25N3O6S. The van der Waals surface area contributed by atoms with Crippen molar-refractivity contribution in [2.45, 2.75) is 35.0 Å². The van der Waals surface area contributed by atoms with Gasteiger partial charge in [0.15, 0.2) is 0 Å². The van der Waals surface area contributed by atoms with Gasteiger partial charge in [0, 0.05) is 0 Å². The molecule has 3 fully saturated rings. The number of carboxylic acids is 1. The summed E-state index contributed by atoms with van der Waals surface area (Å²) in [6.45, 7) is 1.56. The van der Waals surface area contributed by atoms with Crippen LogP contribution >= 0.6 is 11.8 Å². The van der Waals surface area contributed by atoms with E-state index in [0.717, 1.165) is 13.1 Å². The Hall–Kier alpha value is -2.46.